The van der Waals surface area contributed by atoms with Gasteiger partial charge in [0, 0.05) is 16.8 Å². The van der Waals surface area contributed by atoms with Gasteiger partial charge in [-0.1, -0.05) is 13.0 Å². The quantitative estimate of drug-likeness (QED) is 0.498. The summed E-state index contributed by atoms with van der Waals surface area (Å²) in [6.07, 6.45) is 0.438. The number of carbonyl (C=O) groups excluding carboxylic acids is 1. The third-order valence-corrected chi connectivity index (χ3v) is 5.83. The molecule has 0 fully saturated rings. The van der Waals surface area contributed by atoms with Crippen molar-refractivity contribution in [3.8, 4) is 5.75 Å². The number of hydrogen-bond acceptors (Lipinski definition) is 5. The molecule has 0 aliphatic carbocycles. The molecule has 4 aromatic rings. The first-order chi connectivity index (χ1) is 14.5. The normalized spacial score (nSPS) is 11.2. The van der Waals surface area contributed by atoms with Crippen LogP contribution in [0.1, 0.15) is 19.7 Å². The zero-order valence-electron chi connectivity index (χ0n) is 16.6. The molecule has 0 atom stereocenters. The van der Waals surface area contributed by atoms with Gasteiger partial charge in [0.05, 0.1) is 17.5 Å². The molecule has 8 heteroatoms. The molecule has 154 valence electrons. The lowest BCUT2D eigenvalue weighted by atomic mass is 10.2. The molecule has 1 N–H and O–H groups in total. The van der Waals surface area contributed by atoms with Crippen molar-refractivity contribution in [2.45, 2.75) is 26.8 Å². The molecule has 2 aromatic carbocycles. The summed E-state index contributed by atoms with van der Waals surface area (Å²) in [5.41, 5.74) is 0.630. The van der Waals surface area contributed by atoms with Gasteiger partial charge in [-0.05, 0) is 43.3 Å². The van der Waals surface area contributed by atoms with E-state index in [1.807, 2.05) is 13.8 Å². The van der Waals surface area contributed by atoms with Crippen LogP contribution in [-0.2, 0) is 17.8 Å². The van der Waals surface area contributed by atoms with E-state index in [0.717, 1.165) is 0 Å². The fourth-order valence-electron chi connectivity index (χ4n) is 3.35. The minimum atomic E-state index is -0.404. The molecule has 0 aliphatic heterocycles. The predicted molar refractivity (Wildman–Crippen MR) is 117 cm³/mol. The van der Waals surface area contributed by atoms with Gasteiger partial charge in [0.15, 0.2) is 0 Å². The lowest BCUT2D eigenvalue weighted by Gasteiger charge is -2.12. The number of amides is 1. The Balaban J connectivity index is 1.67. The number of rotatable bonds is 6. The van der Waals surface area contributed by atoms with Crippen LogP contribution in [0.3, 0.4) is 0 Å². The molecule has 30 heavy (non-hydrogen) atoms. The molecule has 0 unspecified atom stereocenters. The molecule has 0 saturated carbocycles. The van der Waals surface area contributed by atoms with Gasteiger partial charge in [0.2, 0.25) is 5.91 Å². The Morgan fingerprint density at radius 1 is 1.20 bits per heavy atom. The summed E-state index contributed by atoms with van der Waals surface area (Å²) in [5.74, 6) is 0.409. The van der Waals surface area contributed by atoms with E-state index in [0.29, 0.717) is 50.6 Å². The molecule has 1 amide bonds. The van der Waals surface area contributed by atoms with Crippen molar-refractivity contribution in [2.75, 3.05) is 11.9 Å². The highest BCUT2D eigenvalue weighted by atomic mass is 32.1. The Labute approximate surface area is 175 Å². The Morgan fingerprint density at radius 3 is 2.67 bits per heavy atom. The minimum absolute atomic E-state index is 0.172. The number of carbonyl (C=O) groups is 1. The number of anilines is 1. The second-order valence-electron chi connectivity index (χ2n) is 6.67. The average molecular weight is 425 g/mol. The maximum absolute atomic E-state index is 14.3. The van der Waals surface area contributed by atoms with E-state index >= 15 is 0 Å². The summed E-state index contributed by atoms with van der Waals surface area (Å²) in [7, 11) is 0. The fraction of sp³-hybridized carbons (Fsp3) is 0.227. The zero-order valence-corrected chi connectivity index (χ0v) is 17.4. The summed E-state index contributed by atoms with van der Waals surface area (Å²) >= 11 is 1.19. The van der Waals surface area contributed by atoms with Gasteiger partial charge in [0.1, 0.15) is 28.6 Å². The van der Waals surface area contributed by atoms with Gasteiger partial charge >= 0.3 is 0 Å². The van der Waals surface area contributed by atoms with Gasteiger partial charge in [0.25, 0.3) is 5.56 Å². The van der Waals surface area contributed by atoms with Crippen LogP contribution in [0.5, 0.6) is 5.75 Å². The van der Waals surface area contributed by atoms with Crippen LogP contribution in [0, 0.1) is 5.82 Å². The Hall–Kier alpha value is -3.26. The maximum Gasteiger partial charge on any atom is 0.272 e. The highest BCUT2D eigenvalue weighted by Gasteiger charge is 2.19. The summed E-state index contributed by atoms with van der Waals surface area (Å²) in [6.45, 7) is 4.13. The number of hydrogen-bond donors (Lipinski definition) is 1. The summed E-state index contributed by atoms with van der Waals surface area (Å²) in [6, 6.07) is 11.7. The minimum Gasteiger partial charge on any atom is -0.494 e. The zero-order chi connectivity index (χ0) is 21.3. The molecule has 4 rings (SSSR count). The van der Waals surface area contributed by atoms with Crippen molar-refractivity contribution in [3.63, 3.8) is 0 Å². The van der Waals surface area contributed by atoms with Gasteiger partial charge in [-0.15, -0.1) is 11.3 Å². The van der Waals surface area contributed by atoms with E-state index in [9.17, 15) is 14.0 Å². The van der Waals surface area contributed by atoms with E-state index in [2.05, 4.69) is 10.3 Å². The van der Waals surface area contributed by atoms with Crippen molar-refractivity contribution in [2.24, 2.45) is 0 Å². The number of nitrogens with zero attached hydrogens (tertiary/aromatic N) is 2. The molecule has 6 nitrogen and oxygen atoms in total. The predicted octanol–water partition coefficient (Wildman–Crippen LogP) is 4.35. The van der Waals surface area contributed by atoms with Crippen LogP contribution in [0.2, 0.25) is 0 Å². The van der Waals surface area contributed by atoms with Crippen molar-refractivity contribution in [3.05, 3.63) is 64.5 Å². The maximum atomic E-state index is 14.3. The van der Waals surface area contributed by atoms with E-state index in [1.54, 1.807) is 36.4 Å². The van der Waals surface area contributed by atoms with Crippen molar-refractivity contribution in [1.82, 2.24) is 9.55 Å². The standard InChI is InChI=1S/C22H20FN3O3S/c1-3-17-25-20-19-15(23)6-5-7-16(19)30-21(20)22(28)26(17)12-18(27)24-13-8-10-14(11-9-13)29-4-2/h5-11H,3-4,12H2,1-2H3,(H,24,27). The van der Waals surface area contributed by atoms with Crippen molar-refractivity contribution in [1.29, 1.82) is 0 Å². The Kier molecular flexibility index (Phi) is 5.50. The molecule has 0 spiro atoms. The van der Waals surface area contributed by atoms with Gasteiger partial charge in [-0.3, -0.25) is 14.2 Å². The Morgan fingerprint density at radius 2 is 1.97 bits per heavy atom. The fourth-order valence-corrected chi connectivity index (χ4v) is 4.45. The lowest BCUT2D eigenvalue weighted by molar-refractivity contribution is -0.116. The number of aromatic nitrogens is 2. The summed E-state index contributed by atoms with van der Waals surface area (Å²) in [4.78, 5) is 30.2. The molecular weight excluding hydrogens is 405 g/mol. The second-order valence-corrected chi connectivity index (χ2v) is 7.72. The lowest BCUT2D eigenvalue weighted by Crippen LogP contribution is -2.30. The van der Waals surface area contributed by atoms with Crippen molar-refractivity contribution >= 4 is 43.2 Å². The highest BCUT2D eigenvalue weighted by molar-refractivity contribution is 7.25. The largest absolute Gasteiger partial charge is 0.494 e. The number of aryl methyl sites for hydroxylation is 1. The van der Waals surface area contributed by atoms with Crippen molar-refractivity contribution < 1.29 is 13.9 Å². The van der Waals surface area contributed by atoms with Crippen LogP contribution in [0.25, 0.3) is 20.3 Å². The first-order valence-corrected chi connectivity index (χ1v) is 10.5. The third kappa shape index (κ3) is 3.66. The summed E-state index contributed by atoms with van der Waals surface area (Å²) < 4.78 is 22.1. The van der Waals surface area contributed by atoms with Gasteiger partial charge in [-0.2, -0.15) is 0 Å². The van der Waals surface area contributed by atoms with Gasteiger partial charge in [-0.25, -0.2) is 9.37 Å². The molecule has 0 saturated heterocycles. The van der Waals surface area contributed by atoms with E-state index in [1.165, 1.54) is 22.0 Å². The monoisotopic (exact) mass is 425 g/mol. The topological polar surface area (TPSA) is 73.2 Å². The van der Waals surface area contributed by atoms with Gasteiger partial charge < -0.3 is 10.1 Å². The van der Waals surface area contributed by atoms with E-state index < -0.39 is 5.82 Å². The number of nitrogens with one attached hydrogen (secondary N) is 1. The SMILES string of the molecule is CCOc1ccc(NC(=O)Cn2c(CC)nc3c(sc4cccc(F)c43)c2=O)cc1. The number of halogens is 1. The molecule has 2 aromatic heterocycles. The average Bonchev–Trinajstić information content (AvgIpc) is 3.12. The van der Waals surface area contributed by atoms with Crippen LogP contribution >= 0.6 is 11.3 Å². The molecule has 0 aliphatic rings. The first kappa shape index (κ1) is 20.0. The van der Waals surface area contributed by atoms with Crippen LogP contribution in [-0.4, -0.2) is 22.1 Å². The number of benzene rings is 2. The van der Waals surface area contributed by atoms with Crippen LogP contribution < -0.4 is 15.6 Å². The third-order valence-electron chi connectivity index (χ3n) is 4.70. The Bertz CT molecular complexity index is 1300. The first-order valence-electron chi connectivity index (χ1n) is 9.65. The molecular formula is C22H20FN3O3S. The second kappa shape index (κ2) is 8.23. The van der Waals surface area contributed by atoms with Crippen LogP contribution in [0.15, 0.2) is 47.3 Å². The van der Waals surface area contributed by atoms with E-state index in [-0.39, 0.29) is 18.0 Å². The summed E-state index contributed by atoms with van der Waals surface area (Å²) in [5, 5.41) is 3.14. The smallest absolute Gasteiger partial charge is 0.272 e. The number of thiophene rings is 1. The highest BCUT2D eigenvalue weighted by Crippen LogP contribution is 2.32. The number of ether oxygens (including phenoxy) is 1. The molecule has 0 bridgehead atoms. The molecule has 2 heterocycles. The van der Waals surface area contributed by atoms with Crippen LogP contribution in [0.4, 0.5) is 10.1 Å². The molecule has 0 radical (unpaired) electrons. The number of fused-ring (bicyclic) bond motifs is 3. The van der Waals surface area contributed by atoms with E-state index in [4.69, 9.17) is 4.74 Å².